The number of hydrogen-bond acceptors (Lipinski definition) is 3. The number of anilines is 1. The van der Waals surface area contributed by atoms with Crippen LogP contribution in [0.5, 0.6) is 0 Å². The predicted molar refractivity (Wildman–Crippen MR) is 78.3 cm³/mol. The van der Waals surface area contributed by atoms with Gasteiger partial charge in [-0.25, -0.2) is 4.39 Å². The van der Waals surface area contributed by atoms with E-state index in [-0.39, 0.29) is 16.3 Å². The van der Waals surface area contributed by atoms with Crippen molar-refractivity contribution >= 4 is 35.0 Å². The van der Waals surface area contributed by atoms with Crippen molar-refractivity contribution in [3.05, 3.63) is 59.1 Å². The highest BCUT2D eigenvalue weighted by molar-refractivity contribution is 8.00. The molecule has 0 spiro atoms. The number of amides is 1. The molecule has 3 rings (SSSR count). The lowest BCUT2D eigenvalue weighted by Crippen LogP contribution is -2.28. The Morgan fingerprint density at radius 2 is 2.20 bits per heavy atom. The van der Waals surface area contributed by atoms with Gasteiger partial charge < -0.3 is 0 Å². The van der Waals surface area contributed by atoms with Gasteiger partial charge in [-0.3, -0.25) is 14.7 Å². The Hall–Kier alpha value is -1.59. The van der Waals surface area contributed by atoms with Crippen LogP contribution in [0.4, 0.5) is 10.1 Å². The number of hydrogen-bond donors (Lipinski definition) is 0. The molecule has 2 heterocycles. The molecule has 0 saturated carbocycles. The average Bonchev–Trinajstić information content (AvgIpc) is 2.85. The summed E-state index contributed by atoms with van der Waals surface area (Å²) >= 11 is 7.29. The molecule has 1 atom stereocenters. The third-order valence-corrected chi connectivity index (χ3v) is 4.46. The second-order valence-corrected chi connectivity index (χ2v) is 5.76. The van der Waals surface area contributed by atoms with Gasteiger partial charge >= 0.3 is 0 Å². The molecular weight excluding hydrogens is 299 g/mol. The fraction of sp³-hybridized carbons (Fsp3) is 0.143. The van der Waals surface area contributed by atoms with Gasteiger partial charge in [0.25, 0.3) is 0 Å². The standard InChI is InChI=1S/C14H10ClFN2OS/c15-10-7-9(4-5-11(10)16)18-13(19)8-20-14(18)12-3-1-2-6-17-12/h1-7,14H,8H2. The molecule has 0 aliphatic carbocycles. The van der Waals surface area contributed by atoms with Crippen LogP contribution < -0.4 is 4.90 Å². The smallest absolute Gasteiger partial charge is 0.238 e. The molecular formula is C14H10ClFN2OS. The van der Waals surface area contributed by atoms with Gasteiger partial charge in [-0.05, 0) is 30.3 Å². The van der Waals surface area contributed by atoms with Gasteiger partial charge in [0.2, 0.25) is 5.91 Å². The minimum Gasteiger partial charge on any atom is -0.293 e. The van der Waals surface area contributed by atoms with E-state index in [1.54, 1.807) is 17.2 Å². The van der Waals surface area contributed by atoms with Crippen LogP contribution in [0.2, 0.25) is 5.02 Å². The highest BCUT2D eigenvalue weighted by atomic mass is 35.5. The van der Waals surface area contributed by atoms with Gasteiger partial charge in [-0.2, -0.15) is 0 Å². The SMILES string of the molecule is O=C1CSC(c2ccccn2)N1c1ccc(F)c(Cl)c1. The summed E-state index contributed by atoms with van der Waals surface area (Å²) in [5.41, 5.74) is 1.38. The fourth-order valence-electron chi connectivity index (χ4n) is 2.08. The van der Waals surface area contributed by atoms with Crippen LogP contribution in [0.25, 0.3) is 0 Å². The van der Waals surface area contributed by atoms with E-state index in [2.05, 4.69) is 4.98 Å². The first-order valence-corrected chi connectivity index (χ1v) is 7.39. The van der Waals surface area contributed by atoms with Crippen molar-refractivity contribution in [3.63, 3.8) is 0 Å². The number of pyridine rings is 1. The molecule has 1 aliphatic rings. The number of carbonyl (C=O) groups excluding carboxylic acids is 1. The molecule has 6 heteroatoms. The molecule has 1 fully saturated rings. The monoisotopic (exact) mass is 308 g/mol. The largest absolute Gasteiger partial charge is 0.293 e. The third-order valence-electron chi connectivity index (χ3n) is 2.99. The lowest BCUT2D eigenvalue weighted by Gasteiger charge is -2.23. The summed E-state index contributed by atoms with van der Waals surface area (Å²) in [5.74, 6) is -0.159. The molecule has 1 amide bonds. The van der Waals surface area contributed by atoms with Crippen LogP contribution in [-0.2, 0) is 4.79 Å². The predicted octanol–water partition coefficient (Wildman–Crippen LogP) is 3.65. The van der Waals surface area contributed by atoms with E-state index in [1.807, 2.05) is 18.2 Å². The topological polar surface area (TPSA) is 33.2 Å². The van der Waals surface area contributed by atoms with Crippen molar-refractivity contribution in [2.24, 2.45) is 0 Å². The Labute approximate surface area is 124 Å². The average molecular weight is 309 g/mol. The van der Waals surface area contributed by atoms with E-state index >= 15 is 0 Å². The first kappa shape index (κ1) is 13.4. The number of thioether (sulfide) groups is 1. The van der Waals surface area contributed by atoms with Crippen LogP contribution in [0.1, 0.15) is 11.1 Å². The Bertz CT molecular complexity index is 653. The second-order valence-electron chi connectivity index (χ2n) is 4.28. The summed E-state index contributed by atoms with van der Waals surface area (Å²) in [5, 5.41) is -0.197. The third kappa shape index (κ3) is 2.39. The van der Waals surface area contributed by atoms with Crippen LogP contribution in [0, 0.1) is 5.82 Å². The lowest BCUT2D eigenvalue weighted by atomic mass is 10.2. The van der Waals surface area contributed by atoms with E-state index in [9.17, 15) is 9.18 Å². The van der Waals surface area contributed by atoms with Gasteiger partial charge in [0.05, 0.1) is 16.5 Å². The Morgan fingerprint density at radius 3 is 2.90 bits per heavy atom. The van der Waals surface area contributed by atoms with Gasteiger partial charge in [-0.1, -0.05) is 17.7 Å². The first-order valence-electron chi connectivity index (χ1n) is 5.96. The summed E-state index contributed by atoms with van der Waals surface area (Å²) in [6.07, 6.45) is 1.69. The van der Waals surface area contributed by atoms with Crippen molar-refractivity contribution in [1.82, 2.24) is 4.98 Å². The van der Waals surface area contributed by atoms with Crippen molar-refractivity contribution in [3.8, 4) is 0 Å². The number of nitrogens with zero attached hydrogens (tertiary/aromatic N) is 2. The van der Waals surface area contributed by atoms with Gasteiger partial charge in [-0.15, -0.1) is 11.8 Å². The Kier molecular flexibility index (Phi) is 3.63. The van der Waals surface area contributed by atoms with Crippen molar-refractivity contribution in [2.75, 3.05) is 10.7 Å². The number of carbonyl (C=O) groups is 1. The minimum atomic E-state index is -0.496. The lowest BCUT2D eigenvalue weighted by molar-refractivity contribution is -0.115. The molecule has 0 radical (unpaired) electrons. The zero-order chi connectivity index (χ0) is 14.1. The van der Waals surface area contributed by atoms with Crippen LogP contribution >= 0.6 is 23.4 Å². The summed E-state index contributed by atoms with van der Waals surface area (Å²) in [4.78, 5) is 18.0. The molecule has 102 valence electrons. The zero-order valence-corrected chi connectivity index (χ0v) is 11.9. The quantitative estimate of drug-likeness (QED) is 0.849. The molecule has 20 heavy (non-hydrogen) atoms. The maximum Gasteiger partial charge on any atom is 0.238 e. The molecule has 3 nitrogen and oxygen atoms in total. The summed E-state index contributed by atoms with van der Waals surface area (Å²) in [7, 11) is 0. The van der Waals surface area contributed by atoms with Crippen molar-refractivity contribution in [2.45, 2.75) is 5.37 Å². The number of aromatic nitrogens is 1. The van der Waals surface area contributed by atoms with Crippen molar-refractivity contribution < 1.29 is 9.18 Å². The molecule has 0 N–H and O–H groups in total. The van der Waals surface area contributed by atoms with Crippen LogP contribution in [0.15, 0.2) is 42.6 Å². The van der Waals surface area contributed by atoms with Crippen LogP contribution in [0.3, 0.4) is 0 Å². The van der Waals surface area contributed by atoms with E-state index in [0.29, 0.717) is 11.4 Å². The normalized spacial score (nSPS) is 18.6. The maximum absolute atomic E-state index is 13.2. The van der Waals surface area contributed by atoms with Gasteiger partial charge in [0, 0.05) is 11.9 Å². The summed E-state index contributed by atoms with van der Waals surface area (Å²) < 4.78 is 13.2. The minimum absolute atomic E-state index is 0.00645. The highest BCUT2D eigenvalue weighted by Crippen LogP contribution is 2.41. The highest BCUT2D eigenvalue weighted by Gasteiger charge is 2.35. The second kappa shape index (κ2) is 5.42. The molecule has 2 aromatic rings. The van der Waals surface area contributed by atoms with E-state index in [0.717, 1.165) is 5.69 Å². The molecule has 1 aromatic heterocycles. The first-order chi connectivity index (χ1) is 9.66. The molecule has 0 bridgehead atoms. The van der Waals surface area contributed by atoms with E-state index in [1.165, 1.54) is 23.9 Å². The Balaban J connectivity index is 2.00. The van der Waals surface area contributed by atoms with Crippen molar-refractivity contribution in [1.29, 1.82) is 0 Å². The van der Waals surface area contributed by atoms with Crippen LogP contribution in [-0.4, -0.2) is 16.6 Å². The molecule has 1 saturated heterocycles. The summed E-state index contributed by atoms with van der Waals surface area (Å²) in [6.45, 7) is 0. The number of rotatable bonds is 2. The molecule has 1 aliphatic heterocycles. The number of halogens is 2. The summed E-state index contributed by atoms with van der Waals surface area (Å²) in [6, 6.07) is 9.86. The Morgan fingerprint density at radius 1 is 1.35 bits per heavy atom. The van der Waals surface area contributed by atoms with E-state index in [4.69, 9.17) is 11.6 Å². The van der Waals surface area contributed by atoms with E-state index < -0.39 is 5.82 Å². The molecule has 1 unspecified atom stereocenters. The number of benzene rings is 1. The van der Waals surface area contributed by atoms with Gasteiger partial charge in [0.1, 0.15) is 11.2 Å². The van der Waals surface area contributed by atoms with Gasteiger partial charge in [0.15, 0.2) is 0 Å². The molecule has 1 aromatic carbocycles. The maximum atomic E-state index is 13.2. The fourth-order valence-corrected chi connectivity index (χ4v) is 3.39. The zero-order valence-electron chi connectivity index (χ0n) is 10.3.